The fraction of sp³-hybridized carbons (Fsp3) is 0.588. The molecule has 114 valence electrons. The summed E-state index contributed by atoms with van der Waals surface area (Å²) >= 11 is 6.28. The first-order chi connectivity index (χ1) is 10.4. The number of allylic oxidation sites excluding steroid dienone is 4. The van der Waals surface area contributed by atoms with Gasteiger partial charge in [0.1, 0.15) is 23.8 Å². The molecular formula is C17H19ClN4. The van der Waals surface area contributed by atoms with Crippen LogP contribution in [0.25, 0.3) is 0 Å². The van der Waals surface area contributed by atoms with Crippen LogP contribution in [0.4, 0.5) is 0 Å². The highest BCUT2D eigenvalue weighted by Crippen LogP contribution is 2.44. The molecule has 0 aromatic carbocycles. The van der Waals surface area contributed by atoms with E-state index in [0.717, 1.165) is 38.0 Å². The molecule has 1 saturated heterocycles. The van der Waals surface area contributed by atoms with Crippen molar-refractivity contribution in [3.63, 3.8) is 0 Å². The van der Waals surface area contributed by atoms with E-state index < -0.39 is 0 Å². The number of nitriles is 3. The lowest BCUT2D eigenvalue weighted by Gasteiger charge is -2.41. The minimum absolute atomic E-state index is 0.0567. The summed E-state index contributed by atoms with van der Waals surface area (Å²) in [4.78, 5) is 2.17. The average molecular weight is 315 g/mol. The van der Waals surface area contributed by atoms with Crippen LogP contribution >= 0.6 is 11.6 Å². The van der Waals surface area contributed by atoms with E-state index in [1.54, 1.807) is 0 Å². The van der Waals surface area contributed by atoms with Gasteiger partial charge in [0.05, 0.1) is 11.0 Å². The maximum atomic E-state index is 9.62. The molecule has 0 saturated carbocycles. The zero-order valence-corrected chi connectivity index (χ0v) is 13.7. The SMILES string of the molecule is CC1(C)CC(=C(C#N)C#N)C(C#N)=C(N2CCCC(Cl)C2)C1. The number of rotatable bonds is 1. The molecule has 5 heteroatoms. The molecule has 2 rings (SSSR count). The van der Waals surface area contributed by atoms with Crippen molar-refractivity contribution in [3.05, 3.63) is 22.4 Å². The fourth-order valence-corrected chi connectivity index (χ4v) is 3.61. The van der Waals surface area contributed by atoms with Crippen LogP contribution in [0.1, 0.15) is 39.5 Å². The third-order valence-corrected chi connectivity index (χ3v) is 4.63. The second-order valence-electron chi connectivity index (χ2n) is 6.71. The Bertz CT molecular complexity index is 636. The zero-order valence-electron chi connectivity index (χ0n) is 13.0. The van der Waals surface area contributed by atoms with E-state index in [9.17, 15) is 15.8 Å². The molecule has 0 N–H and O–H groups in total. The molecular weight excluding hydrogens is 296 g/mol. The number of nitrogens with zero attached hydrogens (tertiary/aromatic N) is 4. The molecule has 4 nitrogen and oxygen atoms in total. The van der Waals surface area contributed by atoms with Crippen LogP contribution in [0.5, 0.6) is 0 Å². The van der Waals surface area contributed by atoms with Gasteiger partial charge in [-0.15, -0.1) is 11.6 Å². The molecule has 0 radical (unpaired) electrons. The van der Waals surface area contributed by atoms with E-state index in [0.29, 0.717) is 17.6 Å². The Morgan fingerprint density at radius 3 is 2.45 bits per heavy atom. The van der Waals surface area contributed by atoms with Crippen molar-refractivity contribution < 1.29 is 0 Å². The smallest absolute Gasteiger partial charge is 0.134 e. The first kappa shape index (κ1) is 16.4. The molecule has 0 spiro atoms. The summed E-state index contributed by atoms with van der Waals surface area (Å²) in [5.41, 5.74) is 2.02. The van der Waals surface area contributed by atoms with Gasteiger partial charge in [-0.2, -0.15) is 15.8 Å². The van der Waals surface area contributed by atoms with E-state index >= 15 is 0 Å². The Morgan fingerprint density at radius 2 is 1.91 bits per heavy atom. The van der Waals surface area contributed by atoms with Crippen molar-refractivity contribution in [2.45, 2.75) is 44.9 Å². The van der Waals surface area contributed by atoms with E-state index in [1.807, 2.05) is 12.1 Å². The Balaban J connectivity index is 2.57. The summed E-state index contributed by atoms with van der Waals surface area (Å²) < 4.78 is 0. The molecule has 1 fully saturated rings. The third kappa shape index (κ3) is 3.27. The summed E-state index contributed by atoms with van der Waals surface area (Å²) in [6.45, 7) is 5.81. The monoisotopic (exact) mass is 314 g/mol. The van der Waals surface area contributed by atoms with Gasteiger partial charge in [-0.05, 0) is 31.1 Å². The number of halogens is 1. The van der Waals surface area contributed by atoms with Crippen molar-refractivity contribution in [1.82, 2.24) is 4.90 Å². The van der Waals surface area contributed by atoms with Crippen molar-refractivity contribution in [2.75, 3.05) is 13.1 Å². The molecule has 0 amide bonds. The van der Waals surface area contributed by atoms with Gasteiger partial charge in [0.15, 0.2) is 0 Å². The van der Waals surface area contributed by atoms with Gasteiger partial charge in [0.2, 0.25) is 0 Å². The summed E-state index contributed by atoms with van der Waals surface area (Å²) in [5.74, 6) is 0. The standard InChI is InChI=1S/C17H19ClN4/c1-17(2)6-14(12(8-19)9-20)15(10-21)16(7-17)22-5-3-4-13(18)11-22/h13H,3-7,11H2,1-2H3. The largest absolute Gasteiger partial charge is 0.372 e. The number of hydrogen-bond donors (Lipinski definition) is 0. The van der Waals surface area contributed by atoms with Crippen LogP contribution in [0.15, 0.2) is 22.4 Å². The number of likely N-dealkylation sites (tertiary alicyclic amines) is 1. The molecule has 1 aliphatic carbocycles. The van der Waals surface area contributed by atoms with Gasteiger partial charge in [-0.25, -0.2) is 0 Å². The Kier molecular flexibility index (Phi) is 4.80. The average Bonchev–Trinajstić information content (AvgIpc) is 2.47. The van der Waals surface area contributed by atoms with Crippen LogP contribution < -0.4 is 0 Å². The molecule has 1 aliphatic heterocycles. The summed E-state index contributed by atoms with van der Waals surface area (Å²) in [6.07, 6.45) is 3.33. The molecule has 1 heterocycles. The summed E-state index contributed by atoms with van der Waals surface area (Å²) in [7, 11) is 0. The Morgan fingerprint density at radius 1 is 1.23 bits per heavy atom. The molecule has 2 aliphatic rings. The minimum atomic E-state index is -0.0801. The second kappa shape index (κ2) is 6.43. The Labute approximate surface area is 136 Å². The predicted octanol–water partition coefficient (Wildman–Crippen LogP) is 3.63. The fourth-order valence-electron chi connectivity index (χ4n) is 3.29. The molecule has 0 aromatic heterocycles. The molecule has 22 heavy (non-hydrogen) atoms. The molecule has 0 bridgehead atoms. The Hall–Kier alpha value is -1.96. The van der Waals surface area contributed by atoms with Crippen LogP contribution in [0.2, 0.25) is 0 Å². The predicted molar refractivity (Wildman–Crippen MR) is 84.4 cm³/mol. The summed E-state index contributed by atoms with van der Waals surface area (Å²) in [5, 5.41) is 28.1. The van der Waals surface area contributed by atoms with Crippen LogP contribution in [-0.4, -0.2) is 23.4 Å². The van der Waals surface area contributed by atoms with Crippen molar-refractivity contribution >= 4 is 11.6 Å². The number of alkyl halides is 1. The first-order valence-corrected chi connectivity index (χ1v) is 7.91. The highest BCUT2D eigenvalue weighted by molar-refractivity contribution is 6.20. The number of hydrogen-bond acceptors (Lipinski definition) is 4. The van der Waals surface area contributed by atoms with E-state index in [4.69, 9.17) is 11.6 Å². The van der Waals surface area contributed by atoms with Gasteiger partial charge in [0, 0.05) is 24.4 Å². The molecule has 1 atom stereocenters. The summed E-state index contributed by atoms with van der Waals surface area (Å²) in [6, 6.07) is 6.13. The van der Waals surface area contributed by atoms with Crippen molar-refractivity contribution in [3.8, 4) is 18.2 Å². The highest BCUT2D eigenvalue weighted by atomic mass is 35.5. The van der Waals surface area contributed by atoms with Crippen LogP contribution in [0, 0.1) is 39.4 Å². The third-order valence-electron chi connectivity index (χ3n) is 4.27. The molecule has 0 aromatic rings. The lowest BCUT2D eigenvalue weighted by molar-refractivity contribution is 0.234. The van der Waals surface area contributed by atoms with E-state index in [1.165, 1.54) is 0 Å². The van der Waals surface area contributed by atoms with E-state index in [-0.39, 0.29) is 16.4 Å². The number of piperidine rings is 1. The minimum Gasteiger partial charge on any atom is -0.372 e. The van der Waals surface area contributed by atoms with Crippen molar-refractivity contribution in [2.24, 2.45) is 5.41 Å². The quantitative estimate of drug-likeness (QED) is 0.547. The highest BCUT2D eigenvalue weighted by Gasteiger charge is 2.35. The zero-order chi connectivity index (χ0) is 16.3. The lowest BCUT2D eigenvalue weighted by Crippen LogP contribution is -2.39. The molecule has 1 unspecified atom stereocenters. The van der Waals surface area contributed by atoms with Gasteiger partial charge in [-0.3, -0.25) is 0 Å². The van der Waals surface area contributed by atoms with Gasteiger partial charge >= 0.3 is 0 Å². The van der Waals surface area contributed by atoms with Gasteiger partial charge in [0.25, 0.3) is 0 Å². The lowest BCUT2D eigenvalue weighted by atomic mass is 9.72. The maximum Gasteiger partial charge on any atom is 0.134 e. The van der Waals surface area contributed by atoms with Crippen molar-refractivity contribution in [1.29, 1.82) is 15.8 Å². The second-order valence-corrected chi connectivity index (χ2v) is 7.33. The topological polar surface area (TPSA) is 74.6 Å². The van der Waals surface area contributed by atoms with E-state index in [2.05, 4.69) is 24.8 Å². The first-order valence-electron chi connectivity index (χ1n) is 7.48. The van der Waals surface area contributed by atoms with Crippen LogP contribution in [-0.2, 0) is 0 Å². The van der Waals surface area contributed by atoms with Gasteiger partial charge in [-0.1, -0.05) is 13.8 Å². The van der Waals surface area contributed by atoms with Gasteiger partial charge < -0.3 is 4.90 Å². The van der Waals surface area contributed by atoms with Crippen LogP contribution in [0.3, 0.4) is 0 Å². The maximum absolute atomic E-state index is 9.62. The normalized spacial score (nSPS) is 24.3.